The van der Waals surface area contributed by atoms with Crippen molar-refractivity contribution in [1.82, 2.24) is 4.31 Å². The Morgan fingerprint density at radius 3 is 2.43 bits per heavy atom. The number of halogens is 1. The Morgan fingerprint density at radius 2 is 1.90 bits per heavy atom. The molecule has 0 saturated heterocycles. The number of nitrogens with zero attached hydrogens (tertiary/aromatic N) is 1. The maximum atomic E-state index is 12.3. The Morgan fingerprint density at radius 1 is 1.29 bits per heavy atom. The van der Waals surface area contributed by atoms with Crippen molar-refractivity contribution in [1.29, 1.82) is 0 Å². The highest BCUT2D eigenvalue weighted by atomic mass is 35.5. The zero-order chi connectivity index (χ0) is 15.9. The molecule has 0 unspecified atom stereocenters. The third-order valence-electron chi connectivity index (χ3n) is 2.89. The van der Waals surface area contributed by atoms with E-state index in [9.17, 15) is 13.2 Å². The van der Waals surface area contributed by atoms with Gasteiger partial charge in [0.1, 0.15) is 6.54 Å². The van der Waals surface area contributed by atoms with Gasteiger partial charge in [-0.2, -0.15) is 4.31 Å². The Kier molecular flexibility index (Phi) is 7.14. The second-order valence-electron chi connectivity index (χ2n) is 4.50. The summed E-state index contributed by atoms with van der Waals surface area (Å²) in [5, 5.41) is 0. The molecular weight excluding hydrogens is 314 g/mol. The fourth-order valence-corrected chi connectivity index (χ4v) is 3.00. The zero-order valence-electron chi connectivity index (χ0n) is 12.2. The summed E-state index contributed by atoms with van der Waals surface area (Å²) in [5.74, 6) is 0.00445. The molecule has 0 saturated carbocycles. The first-order chi connectivity index (χ1) is 9.91. The van der Waals surface area contributed by atoms with Crippen LogP contribution in [0.25, 0.3) is 0 Å². The monoisotopic (exact) mass is 333 g/mol. The van der Waals surface area contributed by atoms with Crippen LogP contribution in [-0.2, 0) is 26.0 Å². The lowest BCUT2D eigenvalue weighted by molar-refractivity contribution is -0.143. The molecule has 0 heterocycles. The SMILES string of the molecule is CCOC(=O)CN(C)S(=O)(=O)c1ccc(CCCCl)cc1. The topological polar surface area (TPSA) is 63.7 Å². The van der Waals surface area contributed by atoms with Crippen molar-refractivity contribution in [2.24, 2.45) is 0 Å². The summed E-state index contributed by atoms with van der Waals surface area (Å²) in [6.45, 7) is 1.60. The number of alkyl halides is 1. The van der Waals surface area contributed by atoms with Gasteiger partial charge in [0.15, 0.2) is 0 Å². The minimum Gasteiger partial charge on any atom is -0.465 e. The van der Waals surface area contributed by atoms with Gasteiger partial charge in [-0.15, -0.1) is 11.6 Å². The third-order valence-corrected chi connectivity index (χ3v) is 4.97. The average molecular weight is 334 g/mol. The number of carbonyl (C=O) groups is 1. The molecule has 1 aromatic rings. The van der Waals surface area contributed by atoms with Crippen LogP contribution in [0.3, 0.4) is 0 Å². The molecule has 0 aromatic heterocycles. The van der Waals surface area contributed by atoms with E-state index in [2.05, 4.69) is 0 Å². The summed E-state index contributed by atoms with van der Waals surface area (Å²) in [4.78, 5) is 11.5. The summed E-state index contributed by atoms with van der Waals surface area (Å²) in [6.07, 6.45) is 1.65. The van der Waals surface area contributed by atoms with E-state index in [-0.39, 0.29) is 18.0 Å². The van der Waals surface area contributed by atoms with Crippen LogP contribution in [0.15, 0.2) is 29.2 Å². The number of sulfonamides is 1. The van der Waals surface area contributed by atoms with E-state index < -0.39 is 16.0 Å². The van der Waals surface area contributed by atoms with Crippen molar-refractivity contribution in [3.8, 4) is 0 Å². The smallest absolute Gasteiger partial charge is 0.321 e. The molecule has 1 aromatic carbocycles. The first-order valence-corrected chi connectivity index (χ1v) is 8.66. The maximum absolute atomic E-state index is 12.3. The maximum Gasteiger partial charge on any atom is 0.321 e. The molecule has 7 heteroatoms. The highest BCUT2D eigenvalue weighted by Crippen LogP contribution is 2.16. The number of carbonyl (C=O) groups excluding carboxylic acids is 1. The van der Waals surface area contributed by atoms with E-state index in [0.29, 0.717) is 5.88 Å². The fraction of sp³-hybridized carbons (Fsp3) is 0.500. The van der Waals surface area contributed by atoms with Gasteiger partial charge in [-0.3, -0.25) is 4.79 Å². The molecule has 0 spiro atoms. The zero-order valence-corrected chi connectivity index (χ0v) is 13.8. The second kappa shape index (κ2) is 8.36. The molecule has 0 aliphatic carbocycles. The molecule has 0 atom stereocenters. The van der Waals surface area contributed by atoms with Gasteiger partial charge in [0, 0.05) is 12.9 Å². The van der Waals surface area contributed by atoms with E-state index in [0.717, 1.165) is 22.7 Å². The molecule has 0 N–H and O–H groups in total. The van der Waals surface area contributed by atoms with Gasteiger partial charge < -0.3 is 4.74 Å². The van der Waals surface area contributed by atoms with Crippen molar-refractivity contribution in [2.45, 2.75) is 24.7 Å². The highest BCUT2D eigenvalue weighted by Gasteiger charge is 2.23. The summed E-state index contributed by atoms with van der Waals surface area (Å²) in [7, 11) is -2.33. The Balaban J connectivity index is 2.79. The minimum absolute atomic E-state index is 0.156. The van der Waals surface area contributed by atoms with Crippen LogP contribution in [0.2, 0.25) is 0 Å². The molecule has 21 heavy (non-hydrogen) atoms. The van der Waals surface area contributed by atoms with Gasteiger partial charge in [-0.25, -0.2) is 8.42 Å². The van der Waals surface area contributed by atoms with Crippen LogP contribution >= 0.6 is 11.6 Å². The Hall–Kier alpha value is -1.11. The predicted octanol–water partition coefficient (Wildman–Crippen LogP) is 2.04. The van der Waals surface area contributed by atoms with E-state index in [1.807, 2.05) is 0 Å². The van der Waals surface area contributed by atoms with Crippen LogP contribution in [0.1, 0.15) is 18.9 Å². The van der Waals surface area contributed by atoms with Crippen LogP contribution in [0, 0.1) is 0 Å². The first-order valence-electron chi connectivity index (χ1n) is 6.68. The molecule has 0 bridgehead atoms. The number of hydrogen-bond acceptors (Lipinski definition) is 4. The molecule has 0 aliphatic rings. The van der Waals surface area contributed by atoms with Gasteiger partial charge in [0.25, 0.3) is 0 Å². The summed E-state index contributed by atoms with van der Waals surface area (Å²) in [5.41, 5.74) is 1.03. The van der Waals surface area contributed by atoms with Crippen molar-refractivity contribution >= 4 is 27.6 Å². The molecule has 0 fully saturated rings. The van der Waals surface area contributed by atoms with E-state index >= 15 is 0 Å². The summed E-state index contributed by atoms with van der Waals surface area (Å²) in [6, 6.07) is 6.61. The van der Waals surface area contributed by atoms with Crippen molar-refractivity contribution < 1.29 is 17.9 Å². The lowest BCUT2D eigenvalue weighted by atomic mass is 10.1. The largest absolute Gasteiger partial charge is 0.465 e. The number of aryl methyl sites for hydroxylation is 1. The molecular formula is C14H20ClNO4S. The average Bonchev–Trinajstić information content (AvgIpc) is 2.45. The van der Waals surface area contributed by atoms with Gasteiger partial charge in [-0.1, -0.05) is 12.1 Å². The first kappa shape index (κ1) is 17.9. The van der Waals surface area contributed by atoms with Gasteiger partial charge in [0.05, 0.1) is 11.5 Å². The summed E-state index contributed by atoms with van der Waals surface area (Å²) < 4.78 is 30.3. The third kappa shape index (κ3) is 5.30. The highest BCUT2D eigenvalue weighted by molar-refractivity contribution is 7.89. The molecule has 1 rings (SSSR count). The summed E-state index contributed by atoms with van der Waals surface area (Å²) >= 11 is 5.62. The quantitative estimate of drug-likeness (QED) is 0.539. The lowest BCUT2D eigenvalue weighted by Gasteiger charge is -2.16. The van der Waals surface area contributed by atoms with Crippen molar-refractivity contribution in [2.75, 3.05) is 26.1 Å². The van der Waals surface area contributed by atoms with E-state index in [4.69, 9.17) is 16.3 Å². The number of esters is 1. The molecule has 0 radical (unpaired) electrons. The number of likely N-dealkylation sites (N-methyl/N-ethyl adjacent to an activating group) is 1. The number of ether oxygens (including phenoxy) is 1. The van der Waals surface area contributed by atoms with Crippen LogP contribution < -0.4 is 0 Å². The second-order valence-corrected chi connectivity index (χ2v) is 6.93. The Bertz CT molecular complexity index is 557. The minimum atomic E-state index is -3.68. The number of hydrogen-bond donors (Lipinski definition) is 0. The number of benzene rings is 1. The molecule has 0 aliphatic heterocycles. The van der Waals surface area contributed by atoms with Gasteiger partial charge in [-0.05, 0) is 37.5 Å². The van der Waals surface area contributed by atoms with Crippen LogP contribution in [-0.4, -0.2) is 44.8 Å². The van der Waals surface area contributed by atoms with Crippen LogP contribution in [0.5, 0.6) is 0 Å². The van der Waals surface area contributed by atoms with Crippen LogP contribution in [0.4, 0.5) is 0 Å². The van der Waals surface area contributed by atoms with Gasteiger partial charge in [0.2, 0.25) is 10.0 Å². The molecule has 0 amide bonds. The van der Waals surface area contributed by atoms with E-state index in [1.54, 1.807) is 31.2 Å². The van der Waals surface area contributed by atoms with Crippen molar-refractivity contribution in [3.63, 3.8) is 0 Å². The number of rotatable bonds is 8. The Labute approximate surface area is 130 Å². The molecule has 5 nitrogen and oxygen atoms in total. The lowest BCUT2D eigenvalue weighted by Crippen LogP contribution is -2.33. The van der Waals surface area contributed by atoms with Crippen molar-refractivity contribution in [3.05, 3.63) is 29.8 Å². The molecule has 118 valence electrons. The fourth-order valence-electron chi connectivity index (χ4n) is 1.75. The predicted molar refractivity (Wildman–Crippen MR) is 81.9 cm³/mol. The normalized spacial score (nSPS) is 11.6. The standard InChI is InChI=1S/C14H20ClNO4S/c1-3-20-14(17)11-16(2)21(18,19)13-8-6-12(7-9-13)5-4-10-15/h6-9H,3-5,10-11H2,1-2H3. The van der Waals surface area contributed by atoms with Gasteiger partial charge >= 0.3 is 5.97 Å². The van der Waals surface area contributed by atoms with E-state index in [1.165, 1.54) is 7.05 Å².